The monoisotopic (exact) mass is 244 g/mol. The van der Waals surface area contributed by atoms with Gasteiger partial charge in [-0.15, -0.1) is 0 Å². The van der Waals surface area contributed by atoms with Crippen molar-refractivity contribution in [3.05, 3.63) is 41.5 Å². The summed E-state index contributed by atoms with van der Waals surface area (Å²) in [6.07, 6.45) is 3.17. The average Bonchev–Trinajstić information content (AvgIpc) is 2.67. The van der Waals surface area contributed by atoms with Crippen LogP contribution >= 0.6 is 0 Å². The van der Waals surface area contributed by atoms with Crippen LogP contribution in [-0.4, -0.2) is 11.8 Å². The Morgan fingerprint density at radius 2 is 1.89 bits per heavy atom. The van der Waals surface area contributed by atoms with Crippen molar-refractivity contribution >= 4 is 17.5 Å². The highest BCUT2D eigenvalue weighted by Crippen LogP contribution is 2.31. The highest BCUT2D eigenvalue weighted by atomic mass is 16.2. The van der Waals surface area contributed by atoms with Crippen LogP contribution in [0, 0.1) is 0 Å². The molecule has 1 aromatic carbocycles. The topological polar surface area (TPSA) is 72.2 Å². The maximum absolute atomic E-state index is 11.7. The predicted molar refractivity (Wildman–Crippen MR) is 69.7 cm³/mol. The Bertz CT molecular complexity index is 503. The van der Waals surface area contributed by atoms with E-state index in [1.807, 2.05) is 24.3 Å². The summed E-state index contributed by atoms with van der Waals surface area (Å²) in [5, 5.41) is 2.29. The Labute approximate surface area is 106 Å². The minimum atomic E-state index is -0.327. The van der Waals surface area contributed by atoms with Gasteiger partial charge < -0.3 is 5.73 Å². The molecule has 0 spiro atoms. The fraction of sp³-hybridized carbons (Fsp3) is 0.286. The standard InChI is InChI=1S/C14H16N2O2/c1-2-3-11(9-4-6-10(15)7-5-9)12-8-13(17)16-14(12)18/h4-8,11H,2-3,15H2,1H3,(H,16,17,18). The third-order valence-corrected chi connectivity index (χ3v) is 3.08. The number of rotatable bonds is 4. The van der Waals surface area contributed by atoms with Crippen molar-refractivity contribution in [2.75, 3.05) is 5.73 Å². The zero-order valence-corrected chi connectivity index (χ0v) is 10.3. The van der Waals surface area contributed by atoms with E-state index in [2.05, 4.69) is 12.2 Å². The van der Waals surface area contributed by atoms with Gasteiger partial charge in [0.05, 0.1) is 0 Å². The van der Waals surface area contributed by atoms with E-state index in [0.29, 0.717) is 11.3 Å². The number of imide groups is 1. The smallest absolute Gasteiger partial charge is 0.254 e. The summed E-state index contributed by atoms with van der Waals surface area (Å²) < 4.78 is 0. The number of hydrogen-bond donors (Lipinski definition) is 2. The number of anilines is 1. The van der Waals surface area contributed by atoms with Crippen molar-refractivity contribution in [2.24, 2.45) is 0 Å². The summed E-state index contributed by atoms with van der Waals surface area (Å²) in [6.45, 7) is 2.06. The minimum Gasteiger partial charge on any atom is -0.399 e. The lowest BCUT2D eigenvalue weighted by atomic mass is 9.87. The number of nitrogens with two attached hydrogens (primary N) is 1. The number of amides is 2. The molecule has 18 heavy (non-hydrogen) atoms. The Morgan fingerprint density at radius 3 is 2.39 bits per heavy atom. The second-order valence-corrected chi connectivity index (χ2v) is 4.43. The predicted octanol–water partition coefficient (Wildman–Crippen LogP) is 1.74. The lowest BCUT2D eigenvalue weighted by Crippen LogP contribution is -2.23. The van der Waals surface area contributed by atoms with Crippen LogP contribution in [-0.2, 0) is 9.59 Å². The molecular formula is C14H16N2O2. The molecule has 0 aliphatic carbocycles. The summed E-state index contributed by atoms with van der Waals surface area (Å²) in [7, 11) is 0. The van der Waals surface area contributed by atoms with Crippen molar-refractivity contribution in [1.82, 2.24) is 5.32 Å². The quantitative estimate of drug-likeness (QED) is 0.626. The maximum Gasteiger partial charge on any atom is 0.254 e. The van der Waals surface area contributed by atoms with E-state index in [1.165, 1.54) is 6.08 Å². The van der Waals surface area contributed by atoms with Crippen LogP contribution in [0.2, 0.25) is 0 Å². The number of nitrogens with one attached hydrogen (secondary N) is 1. The van der Waals surface area contributed by atoms with Crippen LogP contribution in [0.3, 0.4) is 0 Å². The second-order valence-electron chi connectivity index (χ2n) is 4.43. The summed E-state index contributed by atoms with van der Waals surface area (Å²) in [6, 6.07) is 7.44. The first-order chi connectivity index (χ1) is 8.61. The van der Waals surface area contributed by atoms with Gasteiger partial charge in [0.1, 0.15) is 0 Å². The van der Waals surface area contributed by atoms with Crippen LogP contribution in [0.1, 0.15) is 31.2 Å². The molecule has 4 heteroatoms. The van der Waals surface area contributed by atoms with Gasteiger partial charge in [0.25, 0.3) is 11.8 Å². The molecule has 0 saturated carbocycles. The van der Waals surface area contributed by atoms with Gasteiger partial charge in [-0.05, 0) is 24.1 Å². The molecule has 1 aliphatic heterocycles. The molecule has 94 valence electrons. The molecule has 2 rings (SSSR count). The Morgan fingerprint density at radius 1 is 1.22 bits per heavy atom. The van der Waals surface area contributed by atoms with Crippen molar-refractivity contribution in [2.45, 2.75) is 25.7 Å². The molecule has 1 aromatic rings. The summed E-state index contributed by atoms with van der Waals surface area (Å²) >= 11 is 0. The molecule has 4 nitrogen and oxygen atoms in total. The van der Waals surface area contributed by atoms with Crippen molar-refractivity contribution in [3.63, 3.8) is 0 Å². The van der Waals surface area contributed by atoms with Crippen LogP contribution in [0.25, 0.3) is 0 Å². The van der Waals surface area contributed by atoms with Gasteiger partial charge in [0.2, 0.25) is 0 Å². The highest BCUT2D eigenvalue weighted by molar-refractivity contribution is 6.16. The molecule has 3 N–H and O–H groups in total. The first kappa shape index (κ1) is 12.4. The third-order valence-electron chi connectivity index (χ3n) is 3.08. The first-order valence-electron chi connectivity index (χ1n) is 6.04. The highest BCUT2D eigenvalue weighted by Gasteiger charge is 2.28. The van der Waals surface area contributed by atoms with E-state index in [0.717, 1.165) is 18.4 Å². The van der Waals surface area contributed by atoms with E-state index in [1.54, 1.807) is 0 Å². The molecule has 1 aliphatic rings. The second kappa shape index (κ2) is 5.04. The number of hydrogen-bond acceptors (Lipinski definition) is 3. The largest absolute Gasteiger partial charge is 0.399 e. The zero-order chi connectivity index (χ0) is 13.1. The van der Waals surface area contributed by atoms with E-state index >= 15 is 0 Å². The summed E-state index contributed by atoms with van der Waals surface area (Å²) in [5.74, 6) is -0.649. The fourth-order valence-corrected chi connectivity index (χ4v) is 2.20. The zero-order valence-electron chi connectivity index (χ0n) is 10.3. The van der Waals surface area contributed by atoms with Crippen molar-refractivity contribution in [1.29, 1.82) is 0 Å². The van der Waals surface area contributed by atoms with Gasteiger partial charge in [-0.1, -0.05) is 25.5 Å². The molecule has 0 radical (unpaired) electrons. The minimum absolute atomic E-state index is 0.0398. The van der Waals surface area contributed by atoms with Gasteiger partial charge in [-0.25, -0.2) is 0 Å². The normalized spacial score (nSPS) is 16.4. The van der Waals surface area contributed by atoms with Gasteiger partial charge in [-0.3, -0.25) is 14.9 Å². The average molecular weight is 244 g/mol. The molecule has 2 amide bonds. The lowest BCUT2D eigenvalue weighted by molar-refractivity contribution is -0.123. The molecular weight excluding hydrogens is 228 g/mol. The van der Waals surface area contributed by atoms with E-state index in [-0.39, 0.29) is 17.7 Å². The Kier molecular flexibility index (Phi) is 3.46. The molecule has 0 fully saturated rings. The Balaban J connectivity index is 2.34. The van der Waals surface area contributed by atoms with Crippen molar-refractivity contribution in [3.8, 4) is 0 Å². The molecule has 1 unspecified atom stereocenters. The summed E-state index contributed by atoms with van der Waals surface area (Å²) in [4.78, 5) is 22.9. The fourth-order valence-electron chi connectivity index (χ4n) is 2.20. The van der Waals surface area contributed by atoms with Gasteiger partial charge in [0.15, 0.2) is 0 Å². The van der Waals surface area contributed by atoms with Crippen molar-refractivity contribution < 1.29 is 9.59 Å². The van der Waals surface area contributed by atoms with Gasteiger partial charge in [-0.2, -0.15) is 0 Å². The number of carbonyl (C=O) groups excluding carboxylic acids is 2. The molecule has 0 bridgehead atoms. The lowest BCUT2D eigenvalue weighted by Gasteiger charge is -2.16. The molecule has 1 atom stereocenters. The molecule has 1 heterocycles. The Hall–Kier alpha value is -2.10. The number of nitrogen functional groups attached to an aromatic ring is 1. The van der Waals surface area contributed by atoms with E-state index in [4.69, 9.17) is 5.73 Å². The van der Waals surface area contributed by atoms with Gasteiger partial charge in [0, 0.05) is 23.3 Å². The SMILES string of the molecule is CCCC(C1=CC(=O)NC1=O)c1ccc(N)cc1. The maximum atomic E-state index is 11.7. The number of benzene rings is 1. The van der Waals surface area contributed by atoms with E-state index in [9.17, 15) is 9.59 Å². The first-order valence-corrected chi connectivity index (χ1v) is 6.04. The molecule has 0 aromatic heterocycles. The van der Waals surface area contributed by atoms with E-state index < -0.39 is 0 Å². The van der Waals surface area contributed by atoms with Crippen LogP contribution < -0.4 is 11.1 Å². The number of carbonyl (C=O) groups is 2. The molecule has 0 saturated heterocycles. The van der Waals surface area contributed by atoms with Gasteiger partial charge >= 0.3 is 0 Å². The van der Waals surface area contributed by atoms with Crippen LogP contribution in [0.5, 0.6) is 0 Å². The third kappa shape index (κ3) is 2.42. The summed E-state index contributed by atoms with van der Waals surface area (Å²) in [5.41, 5.74) is 7.91. The van der Waals surface area contributed by atoms with Crippen LogP contribution in [0.15, 0.2) is 35.9 Å². The van der Waals surface area contributed by atoms with Crippen LogP contribution in [0.4, 0.5) is 5.69 Å².